The minimum Gasteiger partial charge on any atom is -0.330 e. The molecule has 0 fully saturated rings. The zero-order chi connectivity index (χ0) is 10.8. The lowest BCUT2D eigenvalue weighted by Crippen LogP contribution is -2.10. The highest BCUT2D eigenvalue weighted by atomic mass is 32.2. The summed E-state index contributed by atoms with van der Waals surface area (Å²) in [6.07, 6.45) is 1.65. The maximum absolute atomic E-state index is 11.2. The minimum absolute atomic E-state index is 0.124. The number of nitrogens with zero attached hydrogens (tertiary/aromatic N) is 2. The molecule has 1 aromatic heterocycles. The molecule has 0 aromatic carbocycles. The number of nitrogens with two attached hydrogens (primary N) is 1. The first kappa shape index (κ1) is 11.1. The lowest BCUT2D eigenvalue weighted by molar-refractivity contribution is 0.590. The van der Waals surface area contributed by atoms with Crippen LogP contribution in [0.25, 0.3) is 0 Å². The molecule has 6 heteroatoms. The van der Waals surface area contributed by atoms with Crippen LogP contribution in [0.3, 0.4) is 0 Å². The number of hydrogen-bond donors (Lipinski definition) is 1. The van der Waals surface area contributed by atoms with E-state index in [0.29, 0.717) is 24.4 Å². The quantitative estimate of drug-likeness (QED) is 0.699. The van der Waals surface area contributed by atoms with Crippen molar-refractivity contribution >= 4 is 9.84 Å². The summed E-state index contributed by atoms with van der Waals surface area (Å²) in [6.45, 7) is 2.18. The topological polar surface area (TPSA) is 85.9 Å². The largest absolute Gasteiger partial charge is 0.330 e. The Morgan fingerprint density at radius 1 is 1.43 bits per heavy atom. The van der Waals surface area contributed by atoms with Crippen molar-refractivity contribution in [1.82, 2.24) is 9.97 Å². The molecule has 1 heterocycles. The Labute approximate surface area is 83.3 Å². The highest BCUT2D eigenvalue weighted by molar-refractivity contribution is 7.90. The summed E-state index contributed by atoms with van der Waals surface area (Å²) in [5.41, 5.74) is 6.67. The van der Waals surface area contributed by atoms with E-state index >= 15 is 0 Å². The van der Waals surface area contributed by atoms with E-state index in [-0.39, 0.29) is 5.16 Å². The third-order valence-corrected chi connectivity index (χ3v) is 2.46. The van der Waals surface area contributed by atoms with Gasteiger partial charge in [0.15, 0.2) is 0 Å². The van der Waals surface area contributed by atoms with Gasteiger partial charge in [-0.1, -0.05) is 0 Å². The molecule has 14 heavy (non-hydrogen) atoms. The molecular formula is C8H13N3O2S. The van der Waals surface area contributed by atoms with Gasteiger partial charge in [0.2, 0.25) is 15.0 Å². The predicted molar refractivity (Wildman–Crippen MR) is 52.6 cm³/mol. The first-order chi connectivity index (χ1) is 6.43. The van der Waals surface area contributed by atoms with Crippen LogP contribution in [-0.2, 0) is 16.3 Å². The maximum Gasteiger partial charge on any atom is 0.247 e. The lowest BCUT2D eigenvalue weighted by Gasteiger charge is -2.02. The van der Waals surface area contributed by atoms with Gasteiger partial charge >= 0.3 is 0 Å². The average Bonchev–Trinajstić information content (AvgIpc) is 2.02. The normalized spacial score (nSPS) is 11.6. The Hall–Kier alpha value is -1.01. The van der Waals surface area contributed by atoms with Gasteiger partial charge in [-0.3, -0.25) is 0 Å². The fourth-order valence-corrected chi connectivity index (χ4v) is 1.64. The minimum atomic E-state index is -3.33. The van der Waals surface area contributed by atoms with E-state index in [1.807, 2.05) is 0 Å². The molecule has 0 aliphatic rings. The molecule has 0 aliphatic carbocycles. The maximum atomic E-state index is 11.2. The van der Waals surface area contributed by atoms with E-state index in [9.17, 15) is 8.42 Å². The van der Waals surface area contributed by atoms with Crippen LogP contribution >= 0.6 is 0 Å². The van der Waals surface area contributed by atoms with Crippen LogP contribution in [0.15, 0.2) is 11.2 Å². The second-order valence-electron chi connectivity index (χ2n) is 3.09. The molecule has 0 aliphatic heterocycles. The Kier molecular flexibility index (Phi) is 3.17. The summed E-state index contributed by atoms with van der Waals surface area (Å²) in [6, 6.07) is 1.74. The van der Waals surface area contributed by atoms with Crippen LogP contribution in [0.5, 0.6) is 0 Å². The van der Waals surface area contributed by atoms with Gasteiger partial charge in [0.05, 0.1) is 0 Å². The third-order valence-electron chi connectivity index (χ3n) is 1.62. The smallest absolute Gasteiger partial charge is 0.247 e. The van der Waals surface area contributed by atoms with Crippen molar-refractivity contribution in [3.05, 3.63) is 17.5 Å². The molecule has 0 atom stereocenters. The predicted octanol–water partition coefficient (Wildman–Crippen LogP) is -0.310. The molecule has 0 amide bonds. The van der Waals surface area contributed by atoms with Crippen molar-refractivity contribution in [3.8, 4) is 0 Å². The molecule has 0 bridgehead atoms. The summed E-state index contributed by atoms with van der Waals surface area (Å²) >= 11 is 0. The summed E-state index contributed by atoms with van der Waals surface area (Å²) in [5, 5.41) is -0.124. The van der Waals surface area contributed by atoms with Crippen LogP contribution in [0.4, 0.5) is 0 Å². The van der Waals surface area contributed by atoms with E-state index in [1.54, 1.807) is 13.0 Å². The Morgan fingerprint density at radius 2 is 2.07 bits per heavy atom. The van der Waals surface area contributed by atoms with Crippen molar-refractivity contribution in [2.24, 2.45) is 5.73 Å². The molecule has 1 aromatic rings. The van der Waals surface area contributed by atoms with E-state index in [1.165, 1.54) is 0 Å². The number of aromatic nitrogens is 2. The van der Waals surface area contributed by atoms with Gasteiger partial charge in [-0.15, -0.1) is 0 Å². The van der Waals surface area contributed by atoms with Crippen LogP contribution in [0.2, 0.25) is 0 Å². The van der Waals surface area contributed by atoms with Crippen molar-refractivity contribution in [3.63, 3.8) is 0 Å². The fourth-order valence-electron chi connectivity index (χ4n) is 1.05. The molecule has 0 radical (unpaired) electrons. The molecule has 0 unspecified atom stereocenters. The molecule has 0 saturated carbocycles. The summed E-state index contributed by atoms with van der Waals surface area (Å²) in [4.78, 5) is 7.76. The second kappa shape index (κ2) is 4.02. The molecular weight excluding hydrogens is 202 g/mol. The van der Waals surface area contributed by atoms with E-state index in [2.05, 4.69) is 9.97 Å². The Balaban J connectivity index is 3.21. The molecule has 5 nitrogen and oxygen atoms in total. The molecule has 0 saturated heterocycles. The van der Waals surface area contributed by atoms with Crippen molar-refractivity contribution < 1.29 is 8.42 Å². The van der Waals surface area contributed by atoms with Gasteiger partial charge in [-0.05, 0) is 19.5 Å². The highest BCUT2D eigenvalue weighted by Gasteiger charge is 2.12. The number of rotatable bonds is 3. The van der Waals surface area contributed by atoms with Gasteiger partial charge in [-0.2, -0.15) is 0 Å². The zero-order valence-corrected chi connectivity index (χ0v) is 9.00. The molecule has 1 rings (SSSR count). The van der Waals surface area contributed by atoms with Crippen LogP contribution < -0.4 is 5.73 Å². The van der Waals surface area contributed by atoms with Gasteiger partial charge in [0.1, 0.15) is 0 Å². The van der Waals surface area contributed by atoms with Gasteiger partial charge < -0.3 is 5.73 Å². The van der Waals surface area contributed by atoms with Crippen molar-refractivity contribution in [1.29, 1.82) is 0 Å². The first-order valence-corrected chi connectivity index (χ1v) is 6.07. The highest BCUT2D eigenvalue weighted by Crippen LogP contribution is 2.06. The Morgan fingerprint density at radius 3 is 2.57 bits per heavy atom. The van der Waals surface area contributed by atoms with Gasteiger partial charge in [0.25, 0.3) is 0 Å². The number of sulfone groups is 1. The summed E-state index contributed by atoms with van der Waals surface area (Å²) < 4.78 is 22.4. The van der Waals surface area contributed by atoms with E-state index in [4.69, 9.17) is 5.73 Å². The summed E-state index contributed by atoms with van der Waals surface area (Å²) in [5.74, 6) is 0. The number of hydrogen-bond acceptors (Lipinski definition) is 5. The first-order valence-electron chi connectivity index (χ1n) is 4.18. The average molecular weight is 215 g/mol. The molecule has 78 valence electrons. The number of aryl methyl sites for hydroxylation is 1. The van der Waals surface area contributed by atoms with Crippen LogP contribution in [0.1, 0.15) is 11.4 Å². The van der Waals surface area contributed by atoms with E-state index < -0.39 is 9.84 Å². The van der Waals surface area contributed by atoms with Crippen LogP contribution in [-0.4, -0.2) is 31.2 Å². The van der Waals surface area contributed by atoms with Gasteiger partial charge in [0, 0.05) is 24.1 Å². The Bertz CT molecular complexity index is 428. The fraction of sp³-hybridized carbons (Fsp3) is 0.500. The lowest BCUT2D eigenvalue weighted by atomic mass is 10.3. The third kappa shape index (κ3) is 2.74. The summed E-state index contributed by atoms with van der Waals surface area (Å²) in [7, 11) is -3.33. The zero-order valence-electron chi connectivity index (χ0n) is 8.19. The molecule has 0 spiro atoms. The standard InChI is InChI=1S/C8H13N3O2S/c1-6-5-7(3-4-9)11-8(10-6)14(2,12)13/h5H,3-4,9H2,1-2H3. The monoisotopic (exact) mass is 215 g/mol. The van der Waals surface area contributed by atoms with Crippen molar-refractivity contribution in [2.75, 3.05) is 12.8 Å². The molecule has 2 N–H and O–H groups in total. The van der Waals surface area contributed by atoms with E-state index in [0.717, 1.165) is 6.26 Å². The van der Waals surface area contributed by atoms with Gasteiger partial charge in [-0.25, -0.2) is 18.4 Å². The SMILES string of the molecule is Cc1cc(CCN)nc(S(C)(=O)=O)n1. The second-order valence-corrected chi connectivity index (χ2v) is 5.00. The van der Waals surface area contributed by atoms with Crippen LogP contribution in [0, 0.1) is 6.92 Å². The van der Waals surface area contributed by atoms with Crippen molar-refractivity contribution in [2.45, 2.75) is 18.5 Å².